The summed E-state index contributed by atoms with van der Waals surface area (Å²) in [6.45, 7) is 1.00. The predicted molar refractivity (Wildman–Crippen MR) is 153 cm³/mol. The lowest BCUT2D eigenvalue weighted by molar-refractivity contribution is 0.351. The van der Waals surface area contributed by atoms with Crippen molar-refractivity contribution in [3.63, 3.8) is 0 Å². The van der Waals surface area contributed by atoms with Gasteiger partial charge < -0.3 is 5.32 Å². The summed E-state index contributed by atoms with van der Waals surface area (Å²) in [4.78, 5) is 0. The zero-order valence-corrected chi connectivity index (χ0v) is 21.0. The second-order valence-electron chi connectivity index (χ2n) is 11.2. The Bertz CT molecular complexity index is 1590. The van der Waals surface area contributed by atoms with Crippen molar-refractivity contribution in [2.75, 3.05) is 6.54 Å². The fourth-order valence-corrected chi connectivity index (χ4v) is 8.22. The molecule has 0 amide bonds. The number of nitrogens with one attached hydrogen (secondary N) is 1. The Morgan fingerprint density at radius 1 is 0.649 bits per heavy atom. The lowest BCUT2D eigenvalue weighted by Crippen LogP contribution is -2.31. The van der Waals surface area contributed by atoms with E-state index >= 15 is 0 Å². The number of rotatable bonds is 4. The molecule has 0 bridgehead atoms. The van der Waals surface area contributed by atoms with Gasteiger partial charge in [-0.1, -0.05) is 109 Å². The van der Waals surface area contributed by atoms with Gasteiger partial charge in [-0.15, -0.1) is 0 Å². The molecule has 8 rings (SSSR count). The van der Waals surface area contributed by atoms with Crippen LogP contribution in [0.5, 0.6) is 0 Å². The highest BCUT2D eigenvalue weighted by Gasteiger charge is 2.60. The van der Waals surface area contributed by atoms with Crippen molar-refractivity contribution < 1.29 is 0 Å². The molecule has 1 heteroatoms. The van der Waals surface area contributed by atoms with Crippen LogP contribution in [-0.4, -0.2) is 6.54 Å². The van der Waals surface area contributed by atoms with E-state index in [0.717, 1.165) is 13.0 Å². The van der Waals surface area contributed by atoms with Gasteiger partial charge in [0.25, 0.3) is 0 Å². The maximum Gasteiger partial charge on any atom is 0.0358 e. The van der Waals surface area contributed by atoms with Crippen molar-refractivity contribution in [3.8, 4) is 11.1 Å². The van der Waals surface area contributed by atoms with E-state index in [1.165, 1.54) is 45.9 Å². The number of benzene rings is 5. The molecule has 37 heavy (non-hydrogen) atoms. The first-order valence-electron chi connectivity index (χ1n) is 13.8. The summed E-state index contributed by atoms with van der Waals surface area (Å²) < 4.78 is 0. The lowest BCUT2D eigenvalue weighted by Gasteiger charge is -2.35. The third-order valence-corrected chi connectivity index (χ3v) is 9.61. The van der Waals surface area contributed by atoms with Crippen LogP contribution in [0.4, 0.5) is 0 Å². The van der Waals surface area contributed by atoms with Crippen LogP contribution in [0.25, 0.3) is 21.9 Å². The van der Waals surface area contributed by atoms with Gasteiger partial charge in [-0.25, -0.2) is 0 Å². The summed E-state index contributed by atoms with van der Waals surface area (Å²) in [7, 11) is 0. The highest BCUT2D eigenvalue weighted by atomic mass is 14.9. The van der Waals surface area contributed by atoms with Crippen molar-refractivity contribution in [2.45, 2.75) is 36.6 Å². The van der Waals surface area contributed by atoms with Gasteiger partial charge in [-0.05, 0) is 87.5 Å². The minimum atomic E-state index is 0.0604. The van der Waals surface area contributed by atoms with Crippen molar-refractivity contribution >= 4 is 10.8 Å². The van der Waals surface area contributed by atoms with Crippen molar-refractivity contribution in [1.82, 2.24) is 5.32 Å². The number of hydrogen-bond acceptors (Lipinski definition) is 1. The van der Waals surface area contributed by atoms with Crippen LogP contribution in [-0.2, 0) is 11.8 Å². The van der Waals surface area contributed by atoms with Crippen LogP contribution < -0.4 is 5.32 Å². The maximum absolute atomic E-state index is 4.08. The van der Waals surface area contributed by atoms with Crippen molar-refractivity contribution in [1.29, 1.82) is 0 Å². The van der Waals surface area contributed by atoms with Gasteiger partial charge in [0.1, 0.15) is 0 Å². The molecule has 1 fully saturated rings. The van der Waals surface area contributed by atoms with E-state index in [4.69, 9.17) is 0 Å². The van der Waals surface area contributed by atoms with E-state index in [0.29, 0.717) is 17.9 Å². The summed E-state index contributed by atoms with van der Waals surface area (Å²) in [6, 6.07) is 43.8. The van der Waals surface area contributed by atoms with E-state index < -0.39 is 0 Å². The lowest BCUT2D eigenvalue weighted by atomic mass is 9.67. The van der Waals surface area contributed by atoms with Gasteiger partial charge in [0.05, 0.1) is 0 Å². The Morgan fingerprint density at radius 2 is 1.24 bits per heavy atom. The van der Waals surface area contributed by atoms with Gasteiger partial charge in [0, 0.05) is 17.4 Å². The quantitative estimate of drug-likeness (QED) is 0.275. The second-order valence-corrected chi connectivity index (χ2v) is 11.2. The molecule has 1 N–H and O–H groups in total. The molecule has 1 saturated carbocycles. The molecule has 5 aromatic rings. The Morgan fingerprint density at radius 3 is 1.95 bits per heavy atom. The van der Waals surface area contributed by atoms with Crippen LogP contribution in [0.3, 0.4) is 0 Å². The minimum absolute atomic E-state index is 0.0604. The van der Waals surface area contributed by atoms with Crippen LogP contribution in [0.15, 0.2) is 115 Å². The third-order valence-electron chi connectivity index (χ3n) is 9.61. The Kier molecular flexibility index (Phi) is 4.72. The highest BCUT2D eigenvalue weighted by Crippen LogP contribution is 2.69. The molecule has 0 radical (unpaired) electrons. The zero-order valence-electron chi connectivity index (χ0n) is 21.0. The molecule has 0 unspecified atom stereocenters. The first-order valence-corrected chi connectivity index (χ1v) is 13.8. The largest absolute Gasteiger partial charge is 0.309 e. The number of hydrogen-bond donors (Lipinski definition) is 1. The van der Waals surface area contributed by atoms with Crippen molar-refractivity contribution in [2.24, 2.45) is 5.92 Å². The molecule has 0 aliphatic heterocycles. The fraction of sp³-hybridized carbons (Fsp3) is 0.222. The molecule has 1 nitrogen and oxygen atoms in total. The molecular formula is C36H31N. The summed E-state index contributed by atoms with van der Waals surface area (Å²) >= 11 is 0. The van der Waals surface area contributed by atoms with Crippen LogP contribution in [0.1, 0.15) is 52.6 Å². The molecule has 180 valence electrons. The van der Waals surface area contributed by atoms with Gasteiger partial charge in [-0.3, -0.25) is 0 Å². The average molecular weight is 478 g/mol. The molecule has 0 heterocycles. The minimum Gasteiger partial charge on any atom is -0.309 e. The van der Waals surface area contributed by atoms with Crippen LogP contribution >= 0.6 is 0 Å². The van der Waals surface area contributed by atoms with Crippen LogP contribution in [0.2, 0.25) is 0 Å². The van der Waals surface area contributed by atoms with Crippen molar-refractivity contribution in [3.05, 3.63) is 143 Å². The van der Waals surface area contributed by atoms with E-state index in [-0.39, 0.29) is 5.41 Å². The molecule has 3 aliphatic carbocycles. The van der Waals surface area contributed by atoms with Gasteiger partial charge in [0.2, 0.25) is 0 Å². The average Bonchev–Trinajstić information content (AvgIpc) is 3.58. The highest BCUT2D eigenvalue weighted by molar-refractivity contribution is 5.87. The van der Waals surface area contributed by atoms with E-state index in [9.17, 15) is 0 Å². The third kappa shape index (κ3) is 3.01. The zero-order chi connectivity index (χ0) is 24.4. The molecule has 5 aromatic carbocycles. The SMILES string of the molecule is c1ccc(CCN[C@H]2c3cc4ccccc4cc3[C@@H]3[C@H]2CCC32c3ccccc3-c3ccccc32)cc1. The first-order chi connectivity index (χ1) is 18.3. The molecule has 0 saturated heterocycles. The molecule has 0 aromatic heterocycles. The van der Waals surface area contributed by atoms with E-state index in [1.807, 2.05) is 0 Å². The molecular weight excluding hydrogens is 446 g/mol. The first kappa shape index (κ1) is 21.4. The summed E-state index contributed by atoms with van der Waals surface area (Å²) in [6.07, 6.45) is 3.54. The Hall–Kier alpha value is -3.68. The standard InChI is InChI=1S/C36H31N/c1-2-10-24(11-3-1)19-21-37-35-29-18-20-36(32-16-8-6-14-27(32)28-15-7-9-17-33(28)36)34(29)30-22-25-12-4-5-13-26(25)23-31(30)35/h1-17,22-23,29,34-35,37H,18-21H2/t29-,34+,35-/m1/s1. The van der Waals surface area contributed by atoms with Gasteiger partial charge in [0.15, 0.2) is 0 Å². The molecule has 3 aliphatic rings. The smallest absolute Gasteiger partial charge is 0.0358 e. The topological polar surface area (TPSA) is 12.0 Å². The van der Waals surface area contributed by atoms with E-state index in [2.05, 4.69) is 121 Å². The Balaban J connectivity index is 1.28. The predicted octanol–water partition coefficient (Wildman–Crippen LogP) is 8.19. The normalized spacial score (nSPS) is 22.1. The molecule has 1 spiro atoms. The van der Waals surface area contributed by atoms with E-state index in [1.54, 1.807) is 16.7 Å². The molecule has 3 atom stereocenters. The second kappa shape index (κ2) is 8.16. The number of fused-ring (bicyclic) bond motifs is 10. The van der Waals surface area contributed by atoms with Gasteiger partial charge in [-0.2, -0.15) is 0 Å². The maximum atomic E-state index is 4.08. The summed E-state index contributed by atoms with van der Waals surface area (Å²) in [5.74, 6) is 1.09. The Labute approximate surface area is 219 Å². The fourth-order valence-electron chi connectivity index (χ4n) is 8.22. The summed E-state index contributed by atoms with van der Waals surface area (Å²) in [5, 5.41) is 6.80. The monoisotopic (exact) mass is 477 g/mol. The summed E-state index contributed by atoms with van der Waals surface area (Å²) in [5.41, 5.74) is 10.6. The van der Waals surface area contributed by atoms with Crippen LogP contribution in [0, 0.1) is 5.92 Å². The van der Waals surface area contributed by atoms with Gasteiger partial charge >= 0.3 is 0 Å².